The molecule has 2 aromatic heterocycles. The van der Waals surface area contributed by atoms with Gasteiger partial charge in [0.05, 0.1) is 23.8 Å². The van der Waals surface area contributed by atoms with Crippen molar-refractivity contribution in [2.24, 2.45) is 0 Å². The van der Waals surface area contributed by atoms with Gasteiger partial charge < -0.3 is 4.74 Å². The summed E-state index contributed by atoms with van der Waals surface area (Å²) >= 11 is 4.53. The lowest BCUT2D eigenvalue weighted by atomic mass is 10.1. The van der Waals surface area contributed by atoms with Crippen LogP contribution in [0.4, 0.5) is 5.13 Å². The summed E-state index contributed by atoms with van der Waals surface area (Å²) in [6, 6.07) is 8.60. The molecule has 0 bridgehead atoms. The van der Waals surface area contributed by atoms with Crippen molar-refractivity contribution < 1.29 is 19.1 Å². The molecule has 1 unspecified atom stereocenters. The number of carbonyl (C=O) groups is 3. The predicted molar refractivity (Wildman–Crippen MR) is 123 cm³/mol. The van der Waals surface area contributed by atoms with Gasteiger partial charge in [0.1, 0.15) is 0 Å². The van der Waals surface area contributed by atoms with Gasteiger partial charge in [-0.1, -0.05) is 29.2 Å². The zero-order chi connectivity index (χ0) is 22.1. The second-order valence-corrected chi connectivity index (χ2v) is 10.5. The van der Waals surface area contributed by atoms with Crippen LogP contribution < -0.4 is 5.32 Å². The van der Waals surface area contributed by atoms with Crippen LogP contribution in [0.2, 0.25) is 0 Å². The van der Waals surface area contributed by atoms with Gasteiger partial charge in [-0.05, 0) is 42.5 Å². The third kappa shape index (κ3) is 4.33. The summed E-state index contributed by atoms with van der Waals surface area (Å²) in [6.07, 6.45) is 1.64. The van der Waals surface area contributed by atoms with E-state index in [0.29, 0.717) is 17.3 Å². The summed E-state index contributed by atoms with van der Waals surface area (Å²) in [5.41, 5.74) is 0.838. The maximum Gasteiger partial charge on any atom is 0.261 e. The third-order valence-corrected chi connectivity index (χ3v) is 8.27. The highest BCUT2D eigenvalue weighted by molar-refractivity contribution is 8.00. The predicted octanol–water partition coefficient (Wildman–Crippen LogP) is 3.92. The Kier molecular flexibility index (Phi) is 6.05. The number of thioether (sulfide) groups is 1. The highest BCUT2D eigenvalue weighted by atomic mass is 32.2. The van der Waals surface area contributed by atoms with Crippen LogP contribution in [-0.4, -0.2) is 52.1 Å². The third-order valence-electron chi connectivity index (χ3n) is 5.19. The van der Waals surface area contributed by atoms with Crippen molar-refractivity contribution in [3.63, 3.8) is 0 Å². The normalized spacial score (nSPS) is 17.8. The van der Waals surface area contributed by atoms with Gasteiger partial charge in [0, 0.05) is 22.8 Å². The van der Waals surface area contributed by atoms with Crippen LogP contribution in [0.25, 0.3) is 0 Å². The first kappa shape index (κ1) is 21.3. The summed E-state index contributed by atoms with van der Waals surface area (Å²) in [7, 11) is 0. The van der Waals surface area contributed by atoms with Gasteiger partial charge in [-0.15, -0.1) is 21.5 Å². The number of anilines is 1. The monoisotopic (exact) mass is 486 g/mol. The van der Waals surface area contributed by atoms with Gasteiger partial charge >= 0.3 is 0 Å². The van der Waals surface area contributed by atoms with E-state index in [4.69, 9.17) is 4.74 Å². The molecule has 164 valence electrons. The number of thiophene rings is 1. The molecule has 1 N–H and O–H groups in total. The molecule has 3 aromatic rings. The number of hydrogen-bond acceptors (Lipinski definition) is 9. The molecule has 8 nitrogen and oxygen atoms in total. The van der Waals surface area contributed by atoms with E-state index in [2.05, 4.69) is 21.6 Å². The number of aromatic nitrogens is 2. The van der Waals surface area contributed by atoms with Crippen molar-refractivity contribution in [1.29, 1.82) is 0 Å². The summed E-state index contributed by atoms with van der Waals surface area (Å²) < 4.78 is 6.31. The average Bonchev–Trinajstić information content (AvgIpc) is 3.60. The van der Waals surface area contributed by atoms with Crippen LogP contribution in [0.5, 0.6) is 0 Å². The fourth-order valence-corrected chi connectivity index (χ4v) is 6.13. The number of ether oxygens (including phenoxy) is 1. The number of nitrogens with one attached hydrogen (secondary N) is 1. The molecule has 1 atom stereocenters. The zero-order valence-corrected chi connectivity index (χ0v) is 19.2. The van der Waals surface area contributed by atoms with E-state index in [-0.39, 0.29) is 29.7 Å². The number of imide groups is 1. The standard InChI is InChI=1S/C21H18N4O4S3/c26-17(22-20-23-24-21(32-20)31-11-14-4-2-8-30-14)12-5-6-15-16(9-12)19(28)25(18(15)27)10-13-3-1-7-29-13/h2,4-6,8-9,13H,1,3,7,10-11H2,(H,22,23,26). The van der Waals surface area contributed by atoms with Gasteiger partial charge in [0.25, 0.3) is 17.7 Å². The first-order valence-corrected chi connectivity index (χ1v) is 12.7. The van der Waals surface area contributed by atoms with Gasteiger partial charge in [0.2, 0.25) is 5.13 Å². The highest BCUT2D eigenvalue weighted by Crippen LogP contribution is 2.30. The first-order chi connectivity index (χ1) is 15.6. The van der Waals surface area contributed by atoms with E-state index in [1.54, 1.807) is 29.2 Å². The van der Waals surface area contributed by atoms with Crippen LogP contribution in [0.1, 0.15) is 48.8 Å². The Labute approximate surface area is 196 Å². The molecule has 3 amide bonds. The number of fused-ring (bicyclic) bond motifs is 1. The fraction of sp³-hybridized carbons (Fsp3) is 0.286. The molecule has 5 rings (SSSR count). The van der Waals surface area contributed by atoms with Crippen molar-refractivity contribution >= 4 is 57.3 Å². The van der Waals surface area contributed by atoms with Gasteiger partial charge in [-0.25, -0.2) is 0 Å². The number of amides is 3. The average molecular weight is 487 g/mol. The van der Waals surface area contributed by atoms with E-state index in [0.717, 1.165) is 22.9 Å². The maximum atomic E-state index is 12.8. The summed E-state index contributed by atoms with van der Waals surface area (Å²) in [5, 5.41) is 13.3. The lowest BCUT2D eigenvalue weighted by molar-refractivity contribution is 0.0475. The molecule has 0 saturated carbocycles. The van der Waals surface area contributed by atoms with E-state index < -0.39 is 11.8 Å². The Bertz CT molecular complexity index is 1170. The van der Waals surface area contributed by atoms with Gasteiger partial charge in [-0.2, -0.15) is 0 Å². The topological polar surface area (TPSA) is 101 Å². The second kappa shape index (κ2) is 9.10. The number of nitrogens with zero attached hydrogens (tertiary/aromatic N) is 3. The minimum atomic E-state index is -0.406. The van der Waals surface area contributed by atoms with Gasteiger partial charge in [0.15, 0.2) is 4.34 Å². The number of hydrogen-bond donors (Lipinski definition) is 1. The largest absolute Gasteiger partial charge is 0.376 e. The Hall–Kier alpha value is -2.60. The quantitative estimate of drug-likeness (QED) is 0.307. The lowest BCUT2D eigenvalue weighted by Crippen LogP contribution is -2.36. The molecular weight excluding hydrogens is 468 g/mol. The van der Waals surface area contributed by atoms with Crippen LogP contribution >= 0.6 is 34.4 Å². The van der Waals surface area contributed by atoms with Crippen molar-refractivity contribution in [2.75, 3.05) is 18.5 Å². The molecular formula is C21H18N4O4S3. The van der Waals surface area contributed by atoms with E-state index in [9.17, 15) is 14.4 Å². The molecule has 2 aliphatic rings. The van der Waals surface area contributed by atoms with Crippen LogP contribution in [-0.2, 0) is 10.5 Å². The molecule has 1 saturated heterocycles. The molecule has 0 aliphatic carbocycles. The van der Waals surface area contributed by atoms with E-state index >= 15 is 0 Å². The zero-order valence-electron chi connectivity index (χ0n) is 16.8. The number of carbonyl (C=O) groups excluding carboxylic acids is 3. The fourth-order valence-electron chi connectivity index (χ4n) is 3.61. The van der Waals surface area contributed by atoms with Crippen molar-refractivity contribution in [1.82, 2.24) is 15.1 Å². The van der Waals surface area contributed by atoms with Crippen LogP contribution in [0.15, 0.2) is 40.1 Å². The molecule has 4 heterocycles. The van der Waals surface area contributed by atoms with Crippen molar-refractivity contribution in [3.8, 4) is 0 Å². The minimum absolute atomic E-state index is 0.121. The molecule has 1 fully saturated rings. The Morgan fingerprint density at radius 2 is 2.09 bits per heavy atom. The van der Waals surface area contributed by atoms with E-state index in [1.165, 1.54) is 33.2 Å². The summed E-state index contributed by atoms with van der Waals surface area (Å²) in [5.74, 6) is -0.345. The highest BCUT2D eigenvalue weighted by Gasteiger charge is 2.38. The SMILES string of the molecule is O=C(Nc1nnc(SCc2cccs2)s1)c1ccc2c(c1)C(=O)N(CC1CCCO1)C2=O. The Morgan fingerprint density at radius 1 is 1.22 bits per heavy atom. The summed E-state index contributed by atoms with van der Waals surface area (Å²) in [6.45, 7) is 0.891. The van der Waals surface area contributed by atoms with Gasteiger partial charge in [-0.3, -0.25) is 24.6 Å². The molecule has 11 heteroatoms. The van der Waals surface area contributed by atoms with Crippen LogP contribution in [0.3, 0.4) is 0 Å². The van der Waals surface area contributed by atoms with Crippen molar-refractivity contribution in [3.05, 3.63) is 57.3 Å². The van der Waals surface area contributed by atoms with Crippen molar-refractivity contribution in [2.45, 2.75) is 29.0 Å². The first-order valence-electron chi connectivity index (χ1n) is 10.0. The lowest BCUT2D eigenvalue weighted by Gasteiger charge is -2.17. The molecule has 1 aromatic carbocycles. The summed E-state index contributed by atoms with van der Waals surface area (Å²) in [4.78, 5) is 40.6. The molecule has 0 radical (unpaired) electrons. The Morgan fingerprint density at radius 3 is 2.88 bits per heavy atom. The number of rotatable bonds is 7. The van der Waals surface area contributed by atoms with E-state index in [1.807, 2.05) is 11.4 Å². The molecule has 32 heavy (non-hydrogen) atoms. The smallest absolute Gasteiger partial charge is 0.261 e. The molecule has 0 spiro atoms. The minimum Gasteiger partial charge on any atom is -0.376 e. The second-order valence-electron chi connectivity index (χ2n) is 7.31. The Balaban J connectivity index is 1.24. The van der Waals surface area contributed by atoms with Crippen LogP contribution in [0, 0.1) is 0 Å². The maximum absolute atomic E-state index is 12.8. The number of benzene rings is 1. The molecule has 2 aliphatic heterocycles.